The zero-order valence-electron chi connectivity index (χ0n) is 11.8. The monoisotopic (exact) mass is 251 g/mol. The number of benzene rings is 1. The van der Waals surface area contributed by atoms with Gasteiger partial charge < -0.3 is 0 Å². The van der Waals surface area contributed by atoms with E-state index in [9.17, 15) is 5.26 Å². The second-order valence-electron chi connectivity index (χ2n) is 6.30. The van der Waals surface area contributed by atoms with Crippen molar-refractivity contribution >= 4 is 5.57 Å². The Balaban J connectivity index is 2.12. The third kappa shape index (κ3) is 1.74. The first-order chi connectivity index (χ1) is 9.18. The van der Waals surface area contributed by atoms with Gasteiger partial charge in [0, 0.05) is 11.8 Å². The molecule has 0 heterocycles. The Hall–Kier alpha value is -1.55. The highest BCUT2D eigenvalue weighted by atomic mass is 14.5. The van der Waals surface area contributed by atoms with Crippen LogP contribution < -0.4 is 0 Å². The molecule has 1 aromatic rings. The van der Waals surface area contributed by atoms with Crippen LogP contribution in [0.25, 0.3) is 5.57 Å². The molecule has 0 aliphatic heterocycles. The standard InChI is InChI=1S/C18H21N/c1-13-17(14-7-4-3-5-8-14)15-9-6-10-16(15)18(13,2)11-12-19/h3-5,7-8,15-16H,6,9-11H2,1-2H3/t15-,16+,18-/m0/s1. The van der Waals surface area contributed by atoms with Gasteiger partial charge in [0.1, 0.15) is 0 Å². The van der Waals surface area contributed by atoms with E-state index >= 15 is 0 Å². The van der Waals surface area contributed by atoms with Crippen molar-refractivity contribution in [3.63, 3.8) is 0 Å². The lowest BCUT2D eigenvalue weighted by Gasteiger charge is -2.31. The summed E-state index contributed by atoms with van der Waals surface area (Å²) >= 11 is 0. The molecule has 1 aromatic carbocycles. The van der Waals surface area contributed by atoms with Crippen molar-refractivity contribution < 1.29 is 0 Å². The normalized spacial score (nSPS) is 33.3. The topological polar surface area (TPSA) is 23.8 Å². The van der Waals surface area contributed by atoms with Crippen molar-refractivity contribution in [2.45, 2.75) is 39.5 Å². The van der Waals surface area contributed by atoms with E-state index in [4.69, 9.17) is 0 Å². The summed E-state index contributed by atoms with van der Waals surface area (Å²) in [6, 6.07) is 13.2. The van der Waals surface area contributed by atoms with Crippen LogP contribution in [-0.4, -0.2) is 0 Å². The maximum absolute atomic E-state index is 9.21. The van der Waals surface area contributed by atoms with Gasteiger partial charge in [-0.25, -0.2) is 0 Å². The summed E-state index contributed by atoms with van der Waals surface area (Å²) in [5.74, 6) is 1.36. The number of hydrogen-bond acceptors (Lipinski definition) is 1. The third-order valence-corrected chi connectivity index (χ3v) is 5.50. The second-order valence-corrected chi connectivity index (χ2v) is 6.30. The summed E-state index contributed by atoms with van der Waals surface area (Å²) in [7, 11) is 0. The molecular formula is C18H21N. The summed E-state index contributed by atoms with van der Waals surface area (Å²) in [5.41, 5.74) is 4.48. The highest BCUT2D eigenvalue weighted by molar-refractivity contribution is 5.74. The van der Waals surface area contributed by atoms with Crippen molar-refractivity contribution in [3.05, 3.63) is 41.5 Å². The molecule has 0 bridgehead atoms. The molecule has 1 nitrogen and oxygen atoms in total. The Bertz CT molecular complexity index is 549. The van der Waals surface area contributed by atoms with Crippen molar-refractivity contribution in [2.24, 2.45) is 17.3 Å². The van der Waals surface area contributed by atoms with E-state index in [2.05, 4.69) is 50.2 Å². The summed E-state index contributed by atoms with van der Waals surface area (Å²) in [4.78, 5) is 0. The SMILES string of the molecule is CC1=C(c2ccccc2)[C@H]2CCC[C@H]2[C@@]1(C)CC#N. The Labute approximate surface area is 116 Å². The van der Waals surface area contributed by atoms with Crippen LogP contribution in [0, 0.1) is 28.6 Å². The van der Waals surface area contributed by atoms with Gasteiger partial charge in [-0.1, -0.05) is 49.2 Å². The number of fused-ring (bicyclic) bond motifs is 1. The molecule has 1 heteroatoms. The number of nitrogens with zero attached hydrogens (tertiary/aromatic N) is 1. The van der Waals surface area contributed by atoms with Crippen molar-refractivity contribution in [2.75, 3.05) is 0 Å². The van der Waals surface area contributed by atoms with Gasteiger partial charge in [0.05, 0.1) is 6.07 Å². The molecule has 2 aliphatic rings. The van der Waals surface area contributed by atoms with Crippen LogP contribution in [0.5, 0.6) is 0 Å². The van der Waals surface area contributed by atoms with E-state index in [1.807, 2.05) is 0 Å². The molecule has 0 spiro atoms. The molecule has 0 aromatic heterocycles. The molecule has 19 heavy (non-hydrogen) atoms. The lowest BCUT2D eigenvalue weighted by atomic mass is 9.72. The van der Waals surface area contributed by atoms with Crippen LogP contribution in [-0.2, 0) is 0 Å². The molecule has 0 unspecified atom stereocenters. The van der Waals surface area contributed by atoms with Crippen molar-refractivity contribution in [1.29, 1.82) is 5.26 Å². The van der Waals surface area contributed by atoms with Gasteiger partial charge in [-0.2, -0.15) is 5.26 Å². The Morgan fingerprint density at radius 2 is 2.00 bits per heavy atom. The number of nitriles is 1. The first kappa shape index (κ1) is 12.5. The highest BCUT2D eigenvalue weighted by Crippen LogP contribution is 2.61. The second kappa shape index (κ2) is 4.53. The largest absolute Gasteiger partial charge is 0.198 e. The lowest BCUT2D eigenvalue weighted by Crippen LogP contribution is -2.24. The number of hydrogen-bond donors (Lipinski definition) is 0. The Morgan fingerprint density at radius 3 is 2.68 bits per heavy atom. The molecule has 3 rings (SSSR count). The third-order valence-electron chi connectivity index (χ3n) is 5.50. The molecule has 0 N–H and O–H groups in total. The zero-order chi connectivity index (χ0) is 13.5. The lowest BCUT2D eigenvalue weighted by molar-refractivity contribution is 0.243. The minimum absolute atomic E-state index is 0.0983. The van der Waals surface area contributed by atoms with Gasteiger partial charge in [0.15, 0.2) is 0 Å². The van der Waals surface area contributed by atoms with Gasteiger partial charge in [-0.15, -0.1) is 0 Å². The Kier molecular flexibility index (Phi) is 2.97. The molecular weight excluding hydrogens is 230 g/mol. The van der Waals surface area contributed by atoms with Crippen LogP contribution in [0.1, 0.15) is 45.1 Å². The number of allylic oxidation sites excluding steroid dienone is 2. The van der Waals surface area contributed by atoms with Gasteiger partial charge >= 0.3 is 0 Å². The van der Waals surface area contributed by atoms with E-state index in [1.54, 1.807) is 5.57 Å². The average Bonchev–Trinajstić information content (AvgIpc) is 2.96. The molecule has 1 fully saturated rings. The van der Waals surface area contributed by atoms with E-state index in [-0.39, 0.29) is 5.41 Å². The fourth-order valence-electron chi connectivity index (χ4n) is 4.41. The van der Waals surface area contributed by atoms with Crippen LogP contribution in [0.3, 0.4) is 0 Å². The highest BCUT2D eigenvalue weighted by Gasteiger charge is 2.50. The quantitative estimate of drug-likeness (QED) is 0.740. The van der Waals surface area contributed by atoms with Crippen molar-refractivity contribution in [1.82, 2.24) is 0 Å². The summed E-state index contributed by atoms with van der Waals surface area (Å²) < 4.78 is 0. The van der Waals surface area contributed by atoms with Gasteiger partial charge in [-0.3, -0.25) is 0 Å². The first-order valence-corrected chi connectivity index (χ1v) is 7.32. The van der Waals surface area contributed by atoms with E-state index in [0.29, 0.717) is 18.3 Å². The number of rotatable bonds is 2. The molecule has 98 valence electrons. The maximum atomic E-state index is 9.21. The molecule has 3 atom stereocenters. The van der Waals surface area contributed by atoms with Crippen LogP contribution in [0.4, 0.5) is 0 Å². The van der Waals surface area contributed by atoms with Crippen molar-refractivity contribution in [3.8, 4) is 6.07 Å². The minimum atomic E-state index is 0.0983. The average molecular weight is 251 g/mol. The Morgan fingerprint density at radius 1 is 1.26 bits per heavy atom. The molecule has 0 saturated heterocycles. The minimum Gasteiger partial charge on any atom is -0.198 e. The predicted octanol–water partition coefficient (Wildman–Crippen LogP) is 4.81. The fourth-order valence-corrected chi connectivity index (χ4v) is 4.41. The van der Waals surface area contributed by atoms with Crippen LogP contribution in [0.15, 0.2) is 35.9 Å². The fraction of sp³-hybridized carbons (Fsp3) is 0.500. The van der Waals surface area contributed by atoms with E-state index in [0.717, 1.165) is 0 Å². The van der Waals surface area contributed by atoms with Crippen LogP contribution >= 0.6 is 0 Å². The predicted molar refractivity (Wildman–Crippen MR) is 78.2 cm³/mol. The summed E-state index contributed by atoms with van der Waals surface area (Å²) in [5, 5.41) is 9.21. The van der Waals surface area contributed by atoms with Gasteiger partial charge in [-0.05, 0) is 42.7 Å². The summed E-state index contributed by atoms with van der Waals surface area (Å²) in [6.07, 6.45) is 4.57. The first-order valence-electron chi connectivity index (χ1n) is 7.32. The van der Waals surface area contributed by atoms with E-state index in [1.165, 1.54) is 30.4 Å². The zero-order valence-corrected chi connectivity index (χ0v) is 11.8. The summed E-state index contributed by atoms with van der Waals surface area (Å²) in [6.45, 7) is 4.57. The molecule has 0 radical (unpaired) electrons. The van der Waals surface area contributed by atoms with Gasteiger partial charge in [0.25, 0.3) is 0 Å². The van der Waals surface area contributed by atoms with Crippen LogP contribution in [0.2, 0.25) is 0 Å². The maximum Gasteiger partial charge on any atom is 0.0630 e. The van der Waals surface area contributed by atoms with Gasteiger partial charge in [0.2, 0.25) is 0 Å². The smallest absolute Gasteiger partial charge is 0.0630 e. The van der Waals surface area contributed by atoms with E-state index < -0.39 is 0 Å². The molecule has 0 amide bonds. The molecule has 2 aliphatic carbocycles. The molecule has 1 saturated carbocycles.